The Morgan fingerprint density at radius 1 is 0.688 bits per heavy atom. The molecule has 0 spiro atoms. The predicted molar refractivity (Wildman–Crippen MR) is 65.4 cm³/mol. The molecule has 0 aromatic carbocycles. The van der Waals surface area contributed by atoms with Gasteiger partial charge in [0.15, 0.2) is 0 Å². The SMILES string of the molecule is CNCCOB(OCCNC)OCCNC. The van der Waals surface area contributed by atoms with E-state index in [1.54, 1.807) is 0 Å². The Hall–Kier alpha value is -0.175. The third-order valence-corrected chi connectivity index (χ3v) is 1.82. The van der Waals surface area contributed by atoms with Crippen LogP contribution in [0.15, 0.2) is 0 Å². The first kappa shape index (κ1) is 15.8. The molecular formula is C9H24BN3O3. The van der Waals surface area contributed by atoms with Crippen molar-refractivity contribution < 1.29 is 14.0 Å². The lowest BCUT2D eigenvalue weighted by molar-refractivity contribution is 0.0963. The molecule has 0 aromatic rings. The summed E-state index contributed by atoms with van der Waals surface area (Å²) in [5, 5.41) is 8.99. The third kappa shape index (κ3) is 10.3. The molecule has 96 valence electrons. The van der Waals surface area contributed by atoms with Crippen molar-refractivity contribution in [3.05, 3.63) is 0 Å². The first-order valence-electron chi connectivity index (χ1n) is 5.63. The van der Waals surface area contributed by atoms with E-state index in [0.717, 1.165) is 19.6 Å². The summed E-state index contributed by atoms with van der Waals surface area (Å²) >= 11 is 0. The lowest BCUT2D eigenvalue weighted by Gasteiger charge is -2.14. The second-order valence-electron chi connectivity index (χ2n) is 3.21. The number of hydrogen-bond donors (Lipinski definition) is 3. The van der Waals surface area contributed by atoms with E-state index in [1.165, 1.54) is 0 Å². The van der Waals surface area contributed by atoms with E-state index in [9.17, 15) is 0 Å². The summed E-state index contributed by atoms with van der Waals surface area (Å²) in [6.07, 6.45) is 0. The quantitative estimate of drug-likeness (QED) is 0.287. The van der Waals surface area contributed by atoms with Gasteiger partial charge in [-0.1, -0.05) is 0 Å². The normalized spacial score (nSPS) is 10.7. The zero-order chi connectivity index (χ0) is 12.1. The van der Waals surface area contributed by atoms with Gasteiger partial charge in [0, 0.05) is 39.5 Å². The Morgan fingerprint density at radius 3 is 1.25 bits per heavy atom. The number of likely N-dealkylation sites (N-methyl/N-ethyl adjacent to an activating group) is 3. The van der Waals surface area contributed by atoms with Crippen LogP contribution in [0.3, 0.4) is 0 Å². The minimum Gasteiger partial charge on any atom is -0.385 e. The average Bonchev–Trinajstić information content (AvgIpc) is 2.29. The van der Waals surface area contributed by atoms with E-state index in [1.807, 2.05) is 21.1 Å². The Labute approximate surface area is 98.6 Å². The minimum absolute atomic E-state index is 0.570. The molecule has 0 radical (unpaired) electrons. The molecule has 0 amide bonds. The lowest BCUT2D eigenvalue weighted by atomic mass is 10.2. The van der Waals surface area contributed by atoms with Crippen LogP contribution < -0.4 is 16.0 Å². The number of hydrogen-bond acceptors (Lipinski definition) is 6. The van der Waals surface area contributed by atoms with Crippen molar-refractivity contribution in [2.24, 2.45) is 0 Å². The molecular weight excluding hydrogens is 209 g/mol. The van der Waals surface area contributed by atoms with Gasteiger partial charge in [-0.3, -0.25) is 0 Å². The van der Waals surface area contributed by atoms with Gasteiger partial charge in [0.25, 0.3) is 0 Å². The van der Waals surface area contributed by atoms with Gasteiger partial charge >= 0.3 is 7.32 Å². The Kier molecular flexibility index (Phi) is 12.8. The van der Waals surface area contributed by atoms with Gasteiger partial charge < -0.3 is 29.9 Å². The number of nitrogens with one attached hydrogen (secondary N) is 3. The van der Waals surface area contributed by atoms with Gasteiger partial charge in [0.05, 0.1) is 0 Å². The average molecular weight is 233 g/mol. The first-order valence-corrected chi connectivity index (χ1v) is 5.63. The molecule has 0 fully saturated rings. The highest BCUT2D eigenvalue weighted by Crippen LogP contribution is 1.92. The first-order chi connectivity index (χ1) is 7.85. The standard InChI is InChI=1S/C9H24BN3O3/c1-11-4-7-14-10(15-8-5-12-2)16-9-6-13-3/h11-13H,4-9H2,1-3H3. The molecule has 0 aliphatic heterocycles. The molecule has 0 aliphatic rings. The van der Waals surface area contributed by atoms with Crippen LogP contribution in [0.1, 0.15) is 0 Å². The molecule has 0 rings (SSSR count). The van der Waals surface area contributed by atoms with Crippen LogP contribution in [0.4, 0.5) is 0 Å². The van der Waals surface area contributed by atoms with Crippen molar-refractivity contribution >= 4 is 7.32 Å². The van der Waals surface area contributed by atoms with Crippen LogP contribution >= 0.6 is 0 Å². The van der Waals surface area contributed by atoms with Gasteiger partial charge in [-0.2, -0.15) is 0 Å². The van der Waals surface area contributed by atoms with Crippen LogP contribution in [-0.4, -0.2) is 67.9 Å². The molecule has 7 heteroatoms. The highest BCUT2D eigenvalue weighted by molar-refractivity contribution is 6.36. The largest absolute Gasteiger partial charge is 0.639 e. The minimum atomic E-state index is -0.574. The van der Waals surface area contributed by atoms with E-state index in [0.29, 0.717) is 19.8 Å². The summed E-state index contributed by atoms with van der Waals surface area (Å²) in [5.41, 5.74) is 0. The molecule has 16 heavy (non-hydrogen) atoms. The highest BCUT2D eigenvalue weighted by atomic mass is 16.7. The van der Waals surface area contributed by atoms with Crippen molar-refractivity contribution in [2.45, 2.75) is 0 Å². The molecule has 0 unspecified atom stereocenters. The summed E-state index contributed by atoms with van der Waals surface area (Å²) in [7, 11) is 5.06. The summed E-state index contributed by atoms with van der Waals surface area (Å²) in [5.74, 6) is 0. The maximum absolute atomic E-state index is 5.41. The van der Waals surface area contributed by atoms with Gasteiger partial charge in [-0.15, -0.1) is 0 Å². The van der Waals surface area contributed by atoms with Crippen LogP contribution in [-0.2, 0) is 14.0 Å². The fourth-order valence-corrected chi connectivity index (χ4v) is 0.916. The van der Waals surface area contributed by atoms with Crippen LogP contribution in [0.25, 0.3) is 0 Å². The van der Waals surface area contributed by atoms with Crippen molar-refractivity contribution in [3.8, 4) is 0 Å². The van der Waals surface area contributed by atoms with Crippen molar-refractivity contribution in [2.75, 3.05) is 60.6 Å². The fourth-order valence-electron chi connectivity index (χ4n) is 0.916. The van der Waals surface area contributed by atoms with Gasteiger partial charge in [-0.05, 0) is 21.1 Å². The highest BCUT2D eigenvalue weighted by Gasteiger charge is 2.20. The molecule has 0 saturated carbocycles. The second-order valence-corrected chi connectivity index (χ2v) is 3.21. The molecule has 0 atom stereocenters. The molecule has 6 nitrogen and oxygen atoms in total. The van der Waals surface area contributed by atoms with Gasteiger partial charge in [0.1, 0.15) is 0 Å². The van der Waals surface area contributed by atoms with Crippen molar-refractivity contribution in [3.63, 3.8) is 0 Å². The zero-order valence-corrected chi connectivity index (χ0v) is 10.5. The van der Waals surface area contributed by atoms with Crippen molar-refractivity contribution in [1.82, 2.24) is 16.0 Å². The Morgan fingerprint density at radius 2 is 1.00 bits per heavy atom. The van der Waals surface area contributed by atoms with Crippen LogP contribution in [0.5, 0.6) is 0 Å². The summed E-state index contributed by atoms with van der Waals surface area (Å²) < 4.78 is 16.2. The maximum atomic E-state index is 5.41. The second kappa shape index (κ2) is 12.9. The van der Waals surface area contributed by atoms with Gasteiger partial charge in [-0.25, -0.2) is 0 Å². The predicted octanol–water partition coefficient (Wildman–Crippen LogP) is -1.32. The topological polar surface area (TPSA) is 63.8 Å². The molecule has 0 bridgehead atoms. The zero-order valence-electron chi connectivity index (χ0n) is 10.5. The molecule has 3 N–H and O–H groups in total. The summed E-state index contributed by atoms with van der Waals surface area (Å²) in [4.78, 5) is 0. The van der Waals surface area contributed by atoms with Crippen LogP contribution in [0, 0.1) is 0 Å². The molecule has 0 aromatic heterocycles. The monoisotopic (exact) mass is 233 g/mol. The molecule has 0 aliphatic carbocycles. The molecule has 0 saturated heterocycles. The fraction of sp³-hybridized carbons (Fsp3) is 1.00. The molecule has 0 heterocycles. The van der Waals surface area contributed by atoms with E-state index in [2.05, 4.69) is 16.0 Å². The smallest absolute Gasteiger partial charge is 0.385 e. The van der Waals surface area contributed by atoms with Gasteiger partial charge in [0.2, 0.25) is 0 Å². The summed E-state index contributed by atoms with van der Waals surface area (Å²) in [6, 6.07) is 0. The van der Waals surface area contributed by atoms with Crippen molar-refractivity contribution in [1.29, 1.82) is 0 Å². The lowest BCUT2D eigenvalue weighted by Crippen LogP contribution is -2.34. The van der Waals surface area contributed by atoms with E-state index in [-0.39, 0.29) is 0 Å². The Bertz CT molecular complexity index is 119. The van der Waals surface area contributed by atoms with E-state index >= 15 is 0 Å². The summed E-state index contributed by atoms with van der Waals surface area (Å²) in [6.45, 7) is 4.05. The van der Waals surface area contributed by atoms with E-state index in [4.69, 9.17) is 14.0 Å². The number of rotatable bonds is 12. The maximum Gasteiger partial charge on any atom is 0.639 e. The van der Waals surface area contributed by atoms with Crippen LogP contribution in [0.2, 0.25) is 0 Å². The Balaban J connectivity index is 3.58. The third-order valence-electron chi connectivity index (χ3n) is 1.82. The van der Waals surface area contributed by atoms with E-state index < -0.39 is 7.32 Å².